The van der Waals surface area contributed by atoms with E-state index in [0.29, 0.717) is 29.4 Å². The summed E-state index contributed by atoms with van der Waals surface area (Å²) in [4.78, 5) is 24.7. The molecule has 0 aliphatic carbocycles. The van der Waals surface area contributed by atoms with E-state index in [1.807, 2.05) is 30.3 Å². The van der Waals surface area contributed by atoms with Gasteiger partial charge < -0.3 is 18.9 Å². The first-order valence-corrected chi connectivity index (χ1v) is 12.2. The van der Waals surface area contributed by atoms with Crippen LogP contribution in [0.15, 0.2) is 78.9 Å². The molecule has 0 aliphatic heterocycles. The highest BCUT2D eigenvalue weighted by Crippen LogP contribution is 2.28. The topological polar surface area (TPSA) is 71.1 Å². The first-order chi connectivity index (χ1) is 18.0. The van der Waals surface area contributed by atoms with Crippen molar-refractivity contribution in [3.63, 3.8) is 0 Å². The van der Waals surface area contributed by atoms with Crippen molar-refractivity contribution < 1.29 is 28.5 Å². The van der Waals surface area contributed by atoms with Gasteiger partial charge in [0, 0.05) is 11.6 Å². The average Bonchev–Trinajstić information content (AvgIpc) is 2.93. The fourth-order valence-corrected chi connectivity index (χ4v) is 3.44. The second kappa shape index (κ2) is 14.3. The van der Waals surface area contributed by atoms with Gasteiger partial charge in [0.15, 0.2) is 17.3 Å². The van der Waals surface area contributed by atoms with E-state index in [9.17, 15) is 9.59 Å². The number of hydrogen-bond acceptors (Lipinski definition) is 6. The molecular weight excluding hydrogens is 468 g/mol. The third-order valence-electron chi connectivity index (χ3n) is 5.50. The van der Waals surface area contributed by atoms with Crippen molar-refractivity contribution in [2.24, 2.45) is 0 Å². The van der Waals surface area contributed by atoms with Gasteiger partial charge in [0.25, 0.3) is 0 Å². The Kier molecular flexibility index (Phi) is 10.5. The number of ether oxygens (including phenoxy) is 4. The molecule has 6 heteroatoms. The molecule has 37 heavy (non-hydrogen) atoms. The third kappa shape index (κ3) is 8.69. The van der Waals surface area contributed by atoms with Crippen LogP contribution in [0.4, 0.5) is 0 Å². The first kappa shape index (κ1) is 27.3. The molecule has 0 unspecified atom stereocenters. The molecule has 0 radical (unpaired) electrons. The average molecular weight is 501 g/mol. The predicted octanol–water partition coefficient (Wildman–Crippen LogP) is 6.79. The van der Waals surface area contributed by atoms with Crippen LogP contribution < -0.4 is 18.9 Å². The van der Waals surface area contributed by atoms with Gasteiger partial charge in [-0.3, -0.25) is 4.79 Å². The molecule has 3 aromatic carbocycles. The van der Waals surface area contributed by atoms with Crippen molar-refractivity contribution in [3.05, 3.63) is 95.6 Å². The molecule has 0 bridgehead atoms. The molecule has 0 saturated carbocycles. The van der Waals surface area contributed by atoms with E-state index in [-0.39, 0.29) is 5.78 Å². The summed E-state index contributed by atoms with van der Waals surface area (Å²) in [6.07, 6.45) is 9.57. The van der Waals surface area contributed by atoms with Crippen molar-refractivity contribution >= 4 is 23.9 Å². The van der Waals surface area contributed by atoms with Gasteiger partial charge in [0.2, 0.25) is 0 Å². The second-order valence-corrected chi connectivity index (χ2v) is 8.22. The van der Waals surface area contributed by atoms with E-state index in [0.717, 1.165) is 36.1 Å². The lowest BCUT2D eigenvalue weighted by atomic mass is 10.1. The normalized spacial score (nSPS) is 11.0. The van der Waals surface area contributed by atoms with Gasteiger partial charge in [0.05, 0.1) is 20.8 Å². The number of esters is 1. The van der Waals surface area contributed by atoms with E-state index in [1.54, 1.807) is 62.8 Å². The predicted molar refractivity (Wildman–Crippen MR) is 145 cm³/mol. The Morgan fingerprint density at radius 3 is 2.05 bits per heavy atom. The molecule has 0 aliphatic rings. The Balaban J connectivity index is 1.51. The second-order valence-electron chi connectivity index (χ2n) is 8.22. The van der Waals surface area contributed by atoms with Crippen molar-refractivity contribution in [2.45, 2.75) is 26.2 Å². The Morgan fingerprint density at radius 1 is 0.730 bits per heavy atom. The molecule has 0 fully saturated rings. The highest BCUT2D eigenvalue weighted by atomic mass is 16.5. The van der Waals surface area contributed by atoms with Crippen LogP contribution in [0.2, 0.25) is 0 Å². The Hall–Kier alpha value is -4.32. The van der Waals surface area contributed by atoms with E-state index >= 15 is 0 Å². The lowest BCUT2D eigenvalue weighted by molar-refractivity contribution is -0.128. The summed E-state index contributed by atoms with van der Waals surface area (Å²) in [5.41, 5.74) is 2.14. The van der Waals surface area contributed by atoms with Crippen LogP contribution in [0.5, 0.6) is 23.0 Å². The van der Waals surface area contributed by atoms with Crippen molar-refractivity contribution in [2.75, 3.05) is 20.8 Å². The Morgan fingerprint density at radius 2 is 1.38 bits per heavy atom. The summed E-state index contributed by atoms with van der Waals surface area (Å²) < 4.78 is 21.5. The monoisotopic (exact) mass is 500 g/mol. The fourth-order valence-electron chi connectivity index (χ4n) is 3.44. The smallest absolute Gasteiger partial charge is 0.336 e. The summed E-state index contributed by atoms with van der Waals surface area (Å²) in [7, 11) is 3.13. The SMILES string of the molecule is CCCCCOc1ccc(/C=C/C(=O)Oc2ccc(C(=O)/C=C/c3ccc(OC)c(OC)c3)cc2)cc1. The summed E-state index contributed by atoms with van der Waals surface area (Å²) in [5, 5.41) is 0. The number of ketones is 1. The summed E-state index contributed by atoms with van der Waals surface area (Å²) in [5.74, 6) is 1.68. The number of allylic oxidation sites excluding steroid dienone is 1. The number of methoxy groups -OCH3 is 2. The van der Waals surface area contributed by atoms with Gasteiger partial charge in [-0.1, -0.05) is 44.0 Å². The zero-order valence-electron chi connectivity index (χ0n) is 21.4. The minimum Gasteiger partial charge on any atom is -0.494 e. The highest BCUT2D eigenvalue weighted by Gasteiger charge is 2.06. The van der Waals surface area contributed by atoms with E-state index in [2.05, 4.69) is 6.92 Å². The lowest BCUT2D eigenvalue weighted by Gasteiger charge is -2.07. The molecule has 0 amide bonds. The summed E-state index contributed by atoms with van der Waals surface area (Å²) >= 11 is 0. The Labute approximate surface area is 218 Å². The van der Waals surface area contributed by atoms with Gasteiger partial charge in [0.1, 0.15) is 11.5 Å². The molecule has 0 N–H and O–H groups in total. The van der Waals surface area contributed by atoms with Crippen LogP contribution in [0.3, 0.4) is 0 Å². The van der Waals surface area contributed by atoms with Crippen LogP contribution in [0.1, 0.15) is 47.7 Å². The number of carbonyl (C=O) groups is 2. The maximum absolute atomic E-state index is 12.5. The number of benzene rings is 3. The first-order valence-electron chi connectivity index (χ1n) is 12.2. The third-order valence-corrected chi connectivity index (χ3v) is 5.50. The molecule has 0 heterocycles. The van der Waals surface area contributed by atoms with Gasteiger partial charge >= 0.3 is 5.97 Å². The number of carbonyl (C=O) groups excluding carboxylic acids is 2. The van der Waals surface area contributed by atoms with E-state index < -0.39 is 5.97 Å². The minimum absolute atomic E-state index is 0.176. The zero-order valence-corrected chi connectivity index (χ0v) is 21.4. The van der Waals surface area contributed by atoms with Gasteiger partial charge in [-0.15, -0.1) is 0 Å². The molecule has 192 valence electrons. The van der Waals surface area contributed by atoms with Gasteiger partial charge in [-0.2, -0.15) is 0 Å². The quantitative estimate of drug-likeness (QED) is 0.0846. The lowest BCUT2D eigenvalue weighted by Crippen LogP contribution is -2.04. The zero-order chi connectivity index (χ0) is 26.5. The minimum atomic E-state index is -0.507. The van der Waals surface area contributed by atoms with E-state index in [1.165, 1.54) is 12.2 Å². The van der Waals surface area contributed by atoms with Crippen LogP contribution in [-0.2, 0) is 4.79 Å². The van der Waals surface area contributed by atoms with Gasteiger partial charge in [-0.25, -0.2) is 4.79 Å². The van der Waals surface area contributed by atoms with Crippen LogP contribution in [0, 0.1) is 0 Å². The van der Waals surface area contributed by atoms with Crippen LogP contribution >= 0.6 is 0 Å². The largest absolute Gasteiger partial charge is 0.494 e. The van der Waals surface area contributed by atoms with Gasteiger partial charge in [-0.05, 0) is 78.2 Å². The van der Waals surface area contributed by atoms with Crippen molar-refractivity contribution in [1.82, 2.24) is 0 Å². The van der Waals surface area contributed by atoms with Crippen molar-refractivity contribution in [1.29, 1.82) is 0 Å². The molecule has 0 saturated heterocycles. The summed E-state index contributed by atoms with van der Waals surface area (Å²) in [6, 6.07) is 19.3. The number of unbranched alkanes of at least 4 members (excludes halogenated alkanes) is 2. The molecule has 0 atom stereocenters. The molecule has 3 rings (SSSR count). The Bertz CT molecular complexity index is 1220. The molecule has 0 spiro atoms. The van der Waals surface area contributed by atoms with Crippen LogP contribution in [-0.4, -0.2) is 32.6 Å². The number of rotatable bonds is 13. The molecule has 0 aromatic heterocycles. The molecule has 6 nitrogen and oxygen atoms in total. The van der Waals surface area contributed by atoms with E-state index in [4.69, 9.17) is 18.9 Å². The highest BCUT2D eigenvalue weighted by molar-refractivity contribution is 6.06. The standard InChI is InChI=1S/C31H32O6/c1-4-5-6-21-36-26-14-7-23(8-15-26)11-20-31(33)37-27-16-12-25(13-17-27)28(32)18-9-24-10-19-29(34-2)30(22-24)35-3/h7-20,22H,4-6,21H2,1-3H3/b18-9+,20-11+. The van der Waals surface area contributed by atoms with Crippen molar-refractivity contribution in [3.8, 4) is 23.0 Å². The maximum Gasteiger partial charge on any atom is 0.336 e. The van der Waals surface area contributed by atoms with Crippen LogP contribution in [0.25, 0.3) is 12.2 Å². The number of hydrogen-bond donors (Lipinski definition) is 0. The summed E-state index contributed by atoms with van der Waals surface area (Å²) in [6.45, 7) is 2.86. The fraction of sp³-hybridized carbons (Fsp3) is 0.226. The molecule has 3 aromatic rings. The molecular formula is C31H32O6. The maximum atomic E-state index is 12.5.